The highest BCUT2D eigenvalue weighted by atomic mass is 35.5. The second kappa shape index (κ2) is 7.14. The molecule has 5 heteroatoms. The number of rotatable bonds is 2. The Morgan fingerprint density at radius 1 is 0.963 bits per heavy atom. The lowest BCUT2D eigenvalue weighted by atomic mass is 9.77. The number of amides is 1. The van der Waals surface area contributed by atoms with Gasteiger partial charge in [0.05, 0.1) is 5.69 Å². The Bertz CT molecular complexity index is 980. The van der Waals surface area contributed by atoms with Gasteiger partial charge < -0.3 is 0 Å². The molecule has 0 spiro atoms. The molecule has 0 N–H and O–H groups in total. The molecule has 0 bridgehead atoms. The van der Waals surface area contributed by atoms with Crippen LogP contribution in [0.2, 0.25) is 10.0 Å². The van der Waals surface area contributed by atoms with E-state index in [9.17, 15) is 9.59 Å². The number of carbonyl (C=O) groups excluding carboxylic acids is 2. The molecule has 27 heavy (non-hydrogen) atoms. The maximum Gasteiger partial charge on any atom is 0.232 e. The number of ketones is 1. The summed E-state index contributed by atoms with van der Waals surface area (Å²) in [5.74, 6) is -0.207. The van der Waals surface area contributed by atoms with E-state index >= 15 is 0 Å². The lowest BCUT2D eigenvalue weighted by molar-refractivity contribution is -0.119. The van der Waals surface area contributed by atoms with Crippen molar-refractivity contribution in [1.82, 2.24) is 0 Å². The van der Waals surface area contributed by atoms with E-state index in [1.807, 2.05) is 49.4 Å². The number of hydrogen-bond donors (Lipinski definition) is 0. The van der Waals surface area contributed by atoms with Crippen molar-refractivity contribution in [3.8, 4) is 0 Å². The topological polar surface area (TPSA) is 37.4 Å². The first-order valence-corrected chi connectivity index (χ1v) is 9.83. The molecule has 3 nitrogen and oxygen atoms in total. The highest BCUT2D eigenvalue weighted by molar-refractivity contribution is 6.32. The van der Waals surface area contributed by atoms with Gasteiger partial charge in [-0.3, -0.25) is 14.5 Å². The molecule has 2 aromatic rings. The first kappa shape index (κ1) is 18.3. The highest BCUT2D eigenvalue weighted by Crippen LogP contribution is 2.45. The average molecular weight is 400 g/mol. The van der Waals surface area contributed by atoms with Crippen molar-refractivity contribution < 1.29 is 9.59 Å². The number of anilines is 1. The molecule has 1 heterocycles. The number of nitrogens with zero attached hydrogens (tertiary/aromatic N) is 1. The minimum Gasteiger partial charge on any atom is -0.294 e. The average Bonchev–Trinajstić information content (AvgIpc) is 2.65. The van der Waals surface area contributed by atoms with Crippen LogP contribution in [0.1, 0.15) is 42.7 Å². The fourth-order valence-corrected chi connectivity index (χ4v) is 4.57. The predicted molar refractivity (Wildman–Crippen MR) is 108 cm³/mol. The Balaban J connectivity index is 1.92. The van der Waals surface area contributed by atoms with Crippen LogP contribution in [0.4, 0.5) is 5.69 Å². The van der Waals surface area contributed by atoms with Gasteiger partial charge in [-0.1, -0.05) is 47.5 Å². The van der Waals surface area contributed by atoms with Gasteiger partial charge >= 0.3 is 0 Å². The van der Waals surface area contributed by atoms with Crippen LogP contribution in [-0.2, 0) is 9.59 Å². The van der Waals surface area contributed by atoms with Gasteiger partial charge in [0.1, 0.15) is 0 Å². The van der Waals surface area contributed by atoms with E-state index in [2.05, 4.69) is 0 Å². The second-order valence-electron chi connectivity index (χ2n) is 7.03. The van der Waals surface area contributed by atoms with Gasteiger partial charge in [-0.15, -0.1) is 0 Å². The Morgan fingerprint density at radius 2 is 1.70 bits per heavy atom. The SMILES string of the molecule is Cc1c(Cl)cccc1N1C(=O)CC(c2ccccc2Cl)C2=C1CCCC2=O. The Hall–Kier alpha value is -2.10. The van der Waals surface area contributed by atoms with Crippen LogP contribution in [0.5, 0.6) is 0 Å². The summed E-state index contributed by atoms with van der Waals surface area (Å²) >= 11 is 12.7. The number of Topliss-reactive ketones (excluding diaryl/α,β-unsaturated/α-hetero) is 1. The van der Waals surface area contributed by atoms with Crippen molar-refractivity contribution in [2.45, 2.75) is 38.5 Å². The summed E-state index contributed by atoms with van der Waals surface area (Å²) < 4.78 is 0. The minimum atomic E-state index is -0.287. The van der Waals surface area contributed by atoms with Crippen LogP contribution in [-0.4, -0.2) is 11.7 Å². The van der Waals surface area contributed by atoms with E-state index in [4.69, 9.17) is 23.2 Å². The minimum absolute atomic E-state index is 0.0289. The van der Waals surface area contributed by atoms with Crippen LogP contribution < -0.4 is 4.90 Å². The second-order valence-corrected chi connectivity index (χ2v) is 7.84. The Labute approximate surface area is 168 Å². The standard InChI is InChI=1S/C22H19Cl2NO2/c1-13-16(23)8-4-9-18(13)25-19-10-5-11-20(26)22(19)15(12-21(25)27)14-6-2-3-7-17(14)24/h2-4,6-9,15H,5,10-12H2,1H3. The lowest BCUT2D eigenvalue weighted by Gasteiger charge is -2.39. The Kier molecular flexibility index (Phi) is 4.83. The molecule has 1 amide bonds. The van der Waals surface area contributed by atoms with E-state index in [0.717, 1.165) is 34.5 Å². The third kappa shape index (κ3) is 3.09. The summed E-state index contributed by atoms with van der Waals surface area (Å²) in [6, 6.07) is 13.0. The fourth-order valence-electron chi connectivity index (χ4n) is 4.13. The molecule has 2 aromatic carbocycles. The number of hydrogen-bond acceptors (Lipinski definition) is 2. The predicted octanol–water partition coefficient (Wildman–Crippen LogP) is 5.83. The van der Waals surface area contributed by atoms with Crippen molar-refractivity contribution in [3.05, 3.63) is 74.9 Å². The first-order valence-electron chi connectivity index (χ1n) is 9.07. The van der Waals surface area contributed by atoms with Crippen LogP contribution in [0.25, 0.3) is 0 Å². The largest absolute Gasteiger partial charge is 0.294 e. The number of halogens is 2. The van der Waals surface area contributed by atoms with Gasteiger partial charge in [-0.05, 0) is 49.1 Å². The normalized spacial score (nSPS) is 20.1. The van der Waals surface area contributed by atoms with Gasteiger partial charge in [-0.25, -0.2) is 0 Å². The smallest absolute Gasteiger partial charge is 0.232 e. The van der Waals surface area contributed by atoms with Gasteiger partial charge in [0.15, 0.2) is 5.78 Å². The molecule has 2 aliphatic rings. The molecule has 1 unspecified atom stereocenters. The fraction of sp³-hybridized carbons (Fsp3) is 0.273. The zero-order valence-electron chi connectivity index (χ0n) is 15.0. The van der Waals surface area contributed by atoms with Gasteiger partial charge in [0, 0.05) is 40.1 Å². The third-order valence-corrected chi connectivity index (χ3v) is 6.19. The van der Waals surface area contributed by atoms with Crippen molar-refractivity contribution in [2.75, 3.05) is 4.90 Å². The van der Waals surface area contributed by atoms with E-state index < -0.39 is 0 Å². The Morgan fingerprint density at radius 3 is 2.48 bits per heavy atom. The number of benzene rings is 2. The van der Waals surface area contributed by atoms with Crippen LogP contribution in [0.3, 0.4) is 0 Å². The van der Waals surface area contributed by atoms with Crippen LogP contribution in [0, 0.1) is 6.92 Å². The lowest BCUT2D eigenvalue weighted by Crippen LogP contribution is -2.41. The first-order chi connectivity index (χ1) is 13.0. The monoisotopic (exact) mass is 399 g/mol. The number of carbonyl (C=O) groups is 2. The molecular weight excluding hydrogens is 381 g/mol. The molecule has 0 fully saturated rings. The molecule has 4 rings (SSSR count). The van der Waals surface area contributed by atoms with E-state index in [0.29, 0.717) is 22.9 Å². The summed E-state index contributed by atoms with van der Waals surface area (Å²) in [6.45, 7) is 1.90. The quantitative estimate of drug-likeness (QED) is 0.636. The van der Waals surface area contributed by atoms with Crippen molar-refractivity contribution in [3.63, 3.8) is 0 Å². The molecule has 1 atom stereocenters. The molecule has 0 aromatic heterocycles. The molecule has 0 radical (unpaired) electrons. The summed E-state index contributed by atoms with van der Waals surface area (Å²) in [5.41, 5.74) is 3.98. The summed E-state index contributed by atoms with van der Waals surface area (Å²) in [6.07, 6.45) is 2.17. The molecule has 1 aliphatic carbocycles. The van der Waals surface area contributed by atoms with E-state index in [-0.39, 0.29) is 24.0 Å². The maximum absolute atomic E-state index is 13.2. The van der Waals surface area contributed by atoms with Gasteiger partial charge in [0.25, 0.3) is 0 Å². The molecule has 0 saturated carbocycles. The van der Waals surface area contributed by atoms with Crippen molar-refractivity contribution in [2.24, 2.45) is 0 Å². The summed E-state index contributed by atoms with van der Waals surface area (Å²) in [7, 11) is 0. The third-order valence-electron chi connectivity index (χ3n) is 5.44. The van der Waals surface area contributed by atoms with Gasteiger partial charge in [0.2, 0.25) is 5.91 Å². The van der Waals surface area contributed by atoms with Crippen molar-refractivity contribution in [1.29, 1.82) is 0 Å². The molecule has 138 valence electrons. The van der Waals surface area contributed by atoms with Crippen molar-refractivity contribution >= 4 is 40.6 Å². The zero-order chi connectivity index (χ0) is 19.1. The van der Waals surface area contributed by atoms with Gasteiger partial charge in [-0.2, -0.15) is 0 Å². The van der Waals surface area contributed by atoms with E-state index in [1.54, 1.807) is 4.90 Å². The maximum atomic E-state index is 13.2. The van der Waals surface area contributed by atoms with E-state index in [1.165, 1.54) is 0 Å². The molecule has 0 saturated heterocycles. The zero-order valence-corrected chi connectivity index (χ0v) is 16.5. The van der Waals surface area contributed by atoms with Crippen LogP contribution in [0.15, 0.2) is 53.7 Å². The summed E-state index contributed by atoms with van der Waals surface area (Å²) in [5, 5.41) is 1.20. The molecular formula is C22H19Cl2NO2. The summed E-state index contributed by atoms with van der Waals surface area (Å²) in [4.78, 5) is 27.8. The molecule has 1 aliphatic heterocycles. The number of allylic oxidation sites excluding steroid dienone is 2. The van der Waals surface area contributed by atoms with Crippen LogP contribution >= 0.6 is 23.2 Å². The highest BCUT2D eigenvalue weighted by Gasteiger charge is 2.40.